The predicted octanol–water partition coefficient (Wildman–Crippen LogP) is 0.906. The van der Waals surface area contributed by atoms with E-state index in [0.29, 0.717) is 6.29 Å². The van der Waals surface area contributed by atoms with Crippen LogP contribution in [-0.2, 0) is 0 Å². The number of phenols is 1. The number of hydrogen-bond acceptors (Lipinski definition) is 3. The third kappa shape index (κ3) is 1.90. The van der Waals surface area contributed by atoms with Gasteiger partial charge in [-0.2, -0.15) is 0 Å². The van der Waals surface area contributed by atoms with Crippen molar-refractivity contribution in [2.24, 2.45) is 0 Å². The molecule has 0 saturated heterocycles. The van der Waals surface area contributed by atoms with Crippen LogP contribution in [0.3, 0.4) is 0 Å². The van der Waals surface area contributed by atoms with Crippen LogP contribution in [0.4, 0.5) is 0 Å². The molecule has 0 aliphatic heterocycles. The summed E-state index contributed by atoms with van der Waals surface area (Å²) in [5.74, 6) is -0.330. The van der Waals surface area contributed by atoms with E-state index in [1.54, 1.807) is 14.1 Å². The molecule has 0 spiro atoms. The molecule has 14 heavy (non-hydrogen) atoms. The summed E-state index contributed by atoms with van der Waals surface area (Å²) in [6.45, 7) is 0. The smallest absolute Gasteiger partial charge is 0.254 e. The van der Waals surface area contributed by atoms with Crippen LogP contribution in [0.5, 0.6) is 5.75 Å². The van der Waals surface area contributed by atoms with Gasteiger partial charge >= 0.3 is 0 Å². The molecule has 0 aliphatic carbocycles. The molecule has 1 amide bonds. The molecule has 0 bridgehead atoms. The minimum Gasteiger partial charge on any atom is -0.508 e. The molecule has 4 heteroatoms. The molecule has 1 N–H and O–H groups in total. The Bertz CT molecular complexity index is 372. The van der Waals surface area contributed by atoms with Crippen LogP contribution in [-0.4, -0.2) is 36.3 Å². The average Bonchev–Trinajstić information content (AvgIpc) is 2.16. The Balaban J connectivity index is 3.23. The van der Waals surface area contributed by atoms with E-state index in [-0.39, 0.29) is 22.8 Å². The van der Waals surface area contributed by atoms with Crippen molar-refractivity contribution in [2.45, 2.75) is 0 Å². The SMILES string of the molecule is CN(C)C(=O)c1cc(O)ccc1C=O. The van der Waals surface area contributed by atoms with Gasteiger partial charge in [0.2, 0.25) is 0 Å². The summed E-state index contributed by atoms with van der Waals surface area (Å²) in [5, 5.41) is 9.18. The molecule has 4 nitrogen and oxygen atoms in total. The van der Waals surface area contributed by atoms with Gasteiger partial charge < -0.3 is 10.0 Å². The highest BCUT2D eigenvalue weighted by Crippen LogP contribution is 2.16. The summed E-state index contributed by atoms with van der Waals surface area (Å²) in [6.07, 6.45) is 0.593. The van der Waals surface area contributed by atoms with E-state index in [4.69, 9.17) is 0 Å². The van der Waals surface area contributed by atoms with Crippen LogP contribution in [0.25, 0.3) is 0 Å². The highest BCUT2D eigenvalue weighted by Gasteiger charge is 2.13. The second kappa shape index (κ2) is 3.91. The van der Waals surface area contributed by atoms with Crippen LogP contribution in [0, 0.1) is 0 Å². The molecule has 1 aromatic carbocycles. The second-order valence-corrected chi connectivity index (χ2v) is 3.09. The summed E-state index contributed by atoms with van der Waals surface area (Å²) >= 11 is 0. The summed E-state index contributed by atoms with van der Waals surface area (Å²) in [5.41, 5.74) is 0.492. The van der Waals surface area contributed by atoms with Crippen molar-refractivity contribution in [1.29, 1.82) is 0 Å². The molecule has 0 aromatic heterocycles. The molecule has 0 heterocycles. The number of phenolic OH excluding ortho intramolecular Hbond substituents is 1. The maximum Gasteiger partial charge on any atom is 0.254 e. The van der Waals surface area contributed by atoms with E-state index in [0.717, 1.165) is 0 Å². The van der Waals surface area contributed by atoms with E-state index in [1.165, 1.54) is 23.1 Å². The second-order valence-electron chi connectivity index (χ2n) is 3.09. The highest BCUT2D eigenvalue weighted by atomic mass is 16.3. The van der Waals surface area contributed by atoms with Crippen molar-refractivity contribution in [1.82, 2.24) is 4.90 Å². The Morgan fingerprint density at radius 2 is 2.07 bits per heavy atom. The van der Waals surface area contributed by atoms with Crippen LogP contribution in [0.15, 0.2) is 18.2 Å². The molecule has 0 radical (unpaired) electrons. The van der Waals surface area contributed by atoms with Crippen molar-refractivity contribution in [3.8, 4) is 5.75 Å². The first kappa shape index (κ1) is 10.2. The lowest BCUT2D eigenvalue weighted by atomic mass is 10.1. The fourth-order valence-electron chi connectivity index (χ4n) is 1.07. The van der Waals surface area contributed by atoms with Gasteiger partial charge in [0.1, 0.15) is 5.75 Å². The first-order valence-electron chi connectivity index (χ1n) is 4.06. The Labute approximate surface area is 81.8 Å². The van der Waals surface area contributed by atoms with Gasteiger partial charge in [0.05, 0.1) is 5.56 Å². The van der Waals surface area contributed by atoms with Gasteiger partial charge in [0.15, 0.2) is 6.29 Å². The summed E-state index contributed by atoms with van der Waals surface area (Å²) < 4.78 is 0. The quantitative estimate of drug-likeness (QED) is 0.710. The Kier molecular flexibility index (Phi) is 2.86. The topological polar surface area (TPSA) is 57.6 Å². The number of carbonyl (C=O) groups excluding carboxylic acids is 2. The number of benzene rings is 1. The monoisotopic (exact) mass is 193 g/mol. The lowest BCUT2D eigenvalue weighted by Gasteiger charge is -2.11. The molecule has 0 atom stereocenters. The molecule has 1 rings (SSSR count). The number of amides is 1. The third-order valence-electron chi connectivity index (χ3n) is 1.80. The number of carbonyl (C=O) groups is 2. The summed E-state index contributed by atoms with van der Waals surface area (Å²) in [7, 11) is 3.17. The van der Waals surface area contributed by atoms with Gasteiger partial charge in [0, 0.05) is 19.7 Å². The maximum atomic E-state index is 11.5. The molecular formula is C10H11NO3. The Hall–Kier alpha value is -1.84. The largest absolute Gasteiger partial charge is 0.508 e. The molecule has 0 fully saturated rings. The van der Waals surface area contributed by atoms with Crippen molar-refractivity contribution >= 4 is 12.2 Å². The van der Waals surface area contributed by atoms with Crippen LogP contribution in [0.1, 0.15) is 20.7 Å². The van der Waals surface area contributed by atoms with Crippen LogP contribution in [0.2, 0.25) is 0 Å². The number of aldehydes is 1. The van der Waals surface area contributed by atoms with E-state index < -0.39 is 0 Å². The molecule has 0 unspecified atom stereocenters. The molecule has 74 valence electrons. The third-order valence-corrected chi connectivity index (χ3v) is 1.80. The lowest BCUT2D eigenvalue weighted by molar-refractivity contribution is 0.0823. The van der Waals surface area contributed by atoms with Crippen molar-refractivity contribution in [3.05, 3.63) is 29.3 Å². The van der Waals surface area contributed by atoms with Gasteiger partial charge in [0.25, 0.3) is 5.91 Å². The first-order chi connectivity index (χ1) is 6.56. The average molecular weight is 193 g/mol. The zero-order valence-corrected chi connectivity index (χ0v) is 8.02. The fraction of sp³-hybridized carbons (Fsp3) is 0.200. The number of nitrogens with zero attached hydrogens (tertiary/aromatic N) is 1. The molecule has 0 saturated carbocycles. The number of aromatic hydroxyl groups is 1. The van der Waals surface area contributed by atoms with Gasteiger partial charge in [-0.25, -0.2) is 0 Å². The Morgan fingerprint density at radius 3 is 2.57 bits per heavy atom. The van der Waals surface area contributed by atoms with E-state index in [9.17, 15) is 14.7 Å². The summed E-state index contributed by atoms with van der Waals surface area (Å²) in [4.78, 5) is 23.5. The minimum atomic E-state index is -0.303. The van der Waals surface area contributed by atoms with Gasteiger partial charge in [-0.05, 0) is 18.2 Å². The zero-order valence-electron chi connectivity index (χ0n) is 8.02. The molecule has 1 aromatic rings. The van der Waals surface area contributed by atoms with E-state index in [1.807, 2.05) is 0 Å². The standard InChI is InChI=1S/C10H11NO3/c1-11(2)10(14)9-5-8(13)4-3-7(9)6-12/h3-6,13H,1-2H3. The highest BCUT2D eigenvalue weighted by molar-refractivity contribution is 6.01. The van der Waals surface area contributed by atoms with Gasteiger partial charge in [-0.1, -0.05) is 0 Å². The molecular weight excluding hydrogens is 182 g/mol. The lowest BCUT2D eigenvalue weighted by Crippen LogP contribution is -2.22. The normalized spacial score (nSPS) is 9.57. The van der Waals surface area contributed by atoms with Gasteiger partial charge in [-0.15, -0.1) is 0 Å². The van der Waals surface area contributed by atoms with E-state index in [2.05, 4.69) is 0 Å². The summed E-state index contributed by atoms with van der Waals surface area (Å²) in [6, 6.07) is 4.07. The molecule has 0 aliphatic rings. The van der Waals surface area contributed by atoms with E-state index >= 15 is 0 Å². The van der Waals surface area contributed by atoms with Crippen molar-refractivity contribution in [3.63, 3.8) is 0 Å². The fourth-order valence-corrected chi connectivity index (χ4v) is 1.07. The first-order valence-corrected chi connectivity index (χ1v) is 4.06. The van der Waals surface area contributed by atoms with Gasteiger partial charge in [-0.3, -0.25) is 9.59 Å². The van der Waals surface area contributed by atoms with Crippen molar-refractivity contribution < 1.29 is 14.7 Å². The predicted molar refractivity (Wildman–Crippen MR) is 51.5 cm³/mol. The maximum absolute atomic E-state index is 11.5. The zero-order chi connectivity index (χ0) is 10.7. The Morgan fingerprint density at radius 1 is 1.43 bits per heavy atom. The van der Waals surface area contributed by atoms with Crippen molar-refractivity contribution in [2.75, 3.05) is 14.1 Å². The number of rotatable bonds is 2. The van der Waals surface area contributed by atoms with Crippen LogP contribution >= 0.6 is 0 Å². The number of hydrogen-bond donors (Lipinski definition) is 1. The minimum absolute atomic E-state index is 0.0270. The van der Waals surface area contributed by atoms with Crippen LogP contribution < -0.4 is 0 Å².